The molecule has 0 spiro atoms. The van der Waals surface area contributed by atoms with E-state index in [9.17, 15) is 8.78 Å². The lowest BCUT2D eigenvalue weighted by Crippen LogP contribution is -2.16. The molecule has 0 aliphatic carbocycles. The van der Waals surface area contributed by atoms with E-state index in [1.807, 2.05) is 23.1 Å². The SMILES string of the molecule is Cc1cc(F)c(N2Cc3ccc(N)cc3C2)cc1F. The minimum atomic E-state index is -0.389. The number of aryl methyl sites for hydroxylation is 1. The van der Waals surface area contributed by atoms with Gasteiger partial charge < -0.3 is 10.6 Å². The van der Waals surface area contributed by atoms with E-state index in [0.29, 0.717) is 30.0 Å². The molecule has 1 aliphatic heterocycles. The molecule has 0 radical (unpaired) electrons. The van der Waals surface area contributed by atoms with Gasteiger partial charge in [0.05, 0.1) is 5.69 Å². The molecule has 98 valence electrons. The van der Waals surface area contributed by atoms with E-state index >= 15 is 0 Å². The summed E-state index contributed by atoms with van der Waals surface area (Å²) in [5.74, 6) is -0.772. The first-order chi connectivity index (χ1) is 9.04. The maximum Gasteiger partial charge on any atom is 0.146 e. The number of anilines is 2. The Kier molecular flexibility index (Phi) is 2.66. The van der Waals surface area contributed by atoms with Gasteiger partial charge in [-0.3, -0.25) is 0 Å². The Hall–Kier alpha value is -2.10. The molecule has 2 aromatic carbocycles. The van der Waals surface area contributed by atoms with Gasteiger partial charge in [0.25, 0.3) is 0 Å². The average Bonchev–Trinajstić information content (AvgIpc) is 2.76. The number of halogens is 2. The fourth-order valence-electron chi connectivity index (χ4n) is 2.46. The highest BCUT2D eigenvalue weighted by molar-refractivity contribution is 5.56. The van der Waals surface area contributed by atoms with Crippen LogP contribution in [0.3, 0.4) is 0 Å². The van der Waals surface area contributed by atoms with Gasteiger partial charge in [0, 0.05) is 24.8 Å². The molecule has 1 aliphatic rings. The monoisotopic (exact) mass is 260 g/mol. The number of nitrogens with two attached hydrogens (primary N) is 1. The lowest BCUT2D eigenvalue weighted by Gasteiger charge is -2.19. The van der Waals surface area contributed by atoms with Crippen molar-refractivity contribution in [2.24, 2.45) is 0 Å². The van der Waals surface area contributed by atoms with E-state index in [-0.39, 0.29) is 11.6 Å². The maximum absolute atomic E-state index is 14.0. The summed E-state index contributed by atoms with van der Waals surface area (Å²) in [6.45, 7) is 2.69. The Balaban J connectivity index is 1.97. The molecular formula is C15H14F2N2. The normalized spacial score (nSPS) is 13.7. The molecule has 0 fully saturated rings. The van der Waals surface area contributed by atoms with E-state index in [0.717, 1.165) is 11.1 Å². The lowest BCUT2D eigenvalue weighted by atomic mass is 10.1. The van der Waals surface area contributed by atoms with Crippen molar-refractivity contribution in [1.29, 1.82) is 0 Å². The van der Waals surface area contributed by atoms with Crippen molar-refractivity contribution >= 4 is 11.4 Å². The van der Waals surface area contributed by atoms with E-state index in [1.165, 1.54) is 12.1 Å². The van der Waals surface area contributed by atoms with Crippen LogP contribution in [-0.4, -0.2) is 0 Å². The molecule has 0 saturated heterocycles. The van der Waals surface area contributed by atoms with Crippen LogP contribution >= 0.6 is 0 Å². The largest absolute Gasteiger partial charge is 0.399 e. The van der Waals surface area contributed by atoms with Gasteiger partial charge in [-0.25, -0.2) is 8.78 Å². The van der Waals surface area contributed by atoms with Gasteiger partial charge in [0.2, 0.25) is 0 Å². The predicted octanol–water partition coefficient (Wildman–Crippen LogP) is 3.38. The second kappa shape index (κ2) is 4.23. The Morgan fingerprint density at radius 3 is 2.53 bits per heavy atom. The van der Waals surface area contributed by atoms with Gasteiger partial charge in [-0.2, -0.15) is 0 Å². The van der Waals surface area contributed by atoms with Gasteiger partial charge in [0.15, 0.2) is 0 Å². The molecule has 0 atom stereocenters. The third-order valence-corrected chi connectivity index (χ3v) is 3.52. The molecule has 0 aromatic heterocycles. The summed E-state index contributed by atoms with van der Waals surface area (Å²) < 4.78 is 27.5. The van der Waals surface area contributed by atoms with Gasteiger partial charge in [0.1, 0.15) is 11.6 Å². The molecule has 2 aromatic rings. The highest BCUT2D eigenvalue weighted by atomic mass is 19.1. The van der Waals surface area contributed by atoms with Crippen LogP contribution in [0, 0.1) is 18.6 Å². The summed E-state index contributed by atoms with van der Waals surface area (Å²) in [7, 11) is 0. The first-order valence-corrected chi connectivity index (χ1v) is 6.12. The number of nitrogens with zero attached hydrogens (tertiary/aromatic N) is 1. The highest BCUT2D eigenvalue weighted by Crippen LogP contribution is 2.32. The zero-order valence-electron chi connectivity index (χ0n) is 10.6. The minimum Gasteiger partial charge on any atom is -0.399 e. The zero-order valence-corrected chi connectivity index (χ0v) is 10.6. The third-order valence-electron chi connectivity index (χ3n) is 3.52. The number of hydrogen-bond donors (Lipinski definition) is 1. The molecule has 2 N–H and O–H groups in total. The van der Waals surface area contributed by atoms with Gasteiger partial charge >= 0.3 is 0 Å². The molecule has 0 amide bonds. The van der Waals surface area contributed by atoms with Crippen molar-refractivity contribution in [2.45, 2.75) is 20.0 Å². The van der Waals surface area contributed by atoms with Crippen LogP contribution in [0.5, 0.6) is 0 Å². The summed E-state index contributed by atoms with van der Waals surface area (Å²) in [6.07, 6.45) is 0. The molecular weight excluding hydrogens is 246 g/mol. The average molecular weight is 260 g/mol. The van der Waals surface area contributed by atoms with E-state index in [1.54, 1.807) is 6.92 Å². The van der Waals surface area contributed by atoms with Crippen molar-refractivity contribution in [2.75, 3.05) is 10.6 Å². The fraction of sp³-hybridized carbons (Fsp3) is 0.200. The summed E-state index contributed by atoms with van der Waals surface area (Å²) >= 11 is 0. The second-order valence-corrected chi connectivity index (χ2v) is 4.94. The Bertz CT molecular complexity index is 653. The van der Waals surface area contributed by atoms with Crippen molar-refractivity contribution in [3.63, 3.8) is 0 Å². The lowest BCUT2D eigenvalue weighted by molar-refractivity contribution is 0.587. The van der Waals surface area contributed by atoms with Crippen molar-refractivity contribution in [3.8, 4) is 0 Å². The summed E-state index contributed by atoms with van der Waals surface area (Å²) in [5, 5.41) is 0. The van der Waals surface area contributed by atoms with Crippen molar-refractivity contribution in [3.05, 3.63) is 58.7 Å². The number of benzene rings is 2. The molecule has 0 bridgehead atoms. The van der Waals surface area contributed by atoms with Crippen molar-refractivity contribution in [1.82, 2.24) is 0 Å². The molecule has 1 heterocycles. The topological polar surface area (TPSA) is 29.3 Å². The van der Waals surface area contributed by atoms with Crippen LogP contribution in [0.2, 0.25) is 0 Å². The number of nitrogen functional groups attached to an aromatic ring is 1. The Morgan fingerprint density at radius 2 is 1.74 bits per heavy atom. The van der Waals surface area contributed by atoms with E-state index < -0.39 is 0 Å². The summed E-state index contributed by atoms with van der Waals surface area (Å²) in [6, 6.07) is 8.15. The minimum absolute atomic E-state index is 0.304. The first kappa shape index (κ1) is 12.0. The van der Waals surface area contributed by atoms with E-state index in [4.69, 9.17) is 5.73 Å². The Morgan fingerprint density at radius 1 is 1.00 bits per heavy atom. The molecule has 19 heavy (non-hydrogen) atoms. The van der Waals surface area contributed by atoms with Crippen LogP contribution in [0.25, 0.3) is 0 Å². The second-order valence-electron chi connectivity index (χ2n) is 4.94. The standard InChI is InChI=1S/C15H14F2N2/c1-9-4-14(17)15(6-13(9)16)19-7-10-2-3-12(18)5-11(10)8-19/h2-6H,7-8,18H2,1H3. The quantitative estimate of drug-likeness (QED) is 0.796. The van der Waals surface area contributed by atoms with Crippen LogP contribution in [0.4, 0.5) is 20.2 Å². The number of fused-ring (bicyclic) bond motifs is 1. The van der Waals surface area contributed by atoms with Crippen molar-refractivity contribution < 1.29 is 8.78 Å². The molecule has 4 heteroatoms. The van der Waals surface area contributed by atoms with Crippen LogP contribution in [0.15, 0.2) is 30.3 Å². The first-order valence-electron chi connectivity index (χ1n) is 6.12. The predicted molar refractivity (Wildman–Crippen MR) is 71.8 cm³/mol. The maximum atomic E-state index is 14.0. The summed E-state index contributed by atoms with van der Waals surface area (Å²) in [4.78, 5) is 1.82. The van der Waals surface area contributed by atoms with Gasteiger partial charge in [-0.05, 0) is 41.8 Å². The molecule has 3 rings (SSSR count). The van der Waals surface area contributed by atoms with Gasteiger partial charge in [-0.15, -0.1) is 0 Å². The third kappa shape index (κ3) is 2.03. The molecule has 0 unspecified atom stereocenters. The fourth-order valence-corrected chi connectivity index (χ4v) is 2.46. The molecule has 2 nitrogen and oxygen atoms in total. The number of rotatable bonds is 1. The smallest absolute Gasteiger partial charge is 0.146 e. The van der Waals surface area contributed by atoms with E-state index in [2.05, 4.69) is 0 Å². The summed E-state index contributed by atoms with van der Waals surface area (Å²) in [5.41, 5.74) is 9.23. The van der Waals surface area contributed by atoms with Crippen LogP contribution < -0.4 is 10.6 Å². The van der Waals surface area contributed by atoms with Crippen LogP contribution in [-0.2, 0) is 13.1 Å². The Labute approximate surface area is 110 Å². The zero-order chi connectivity index (χ0) is 13.6. The van der Waals surface area contributed by atoms with Crippen LogP contribution in [0.1, 0.15) is 16.7 Å². The molecule has 0 saturated carbocycles. The highest BCUT2D eigenvalue weighted by Gasteiger charge is 2.22. The van der Waals surface area contributed by atoms with Gasteiger partial charge in [-0.1, -0.05) is 6.07 Å². The number of hydrogen-bond acceptors (Lipinski definition) is 2.